The van der Waals surface area contributed by atoms with Crippen molar-refractivity contribution in [2.24, 2.45) is 10.7 Å². The second kappa shape index (κ2) is 10.5. The number of benzene rings is 2. The maximum Gasteiger partial charge on any atom is 0.193 e. The second-order valence-corrected chi connectivity index (χ2v) is 5.93. The molecular weight excluding hydrogens is 469 g/mol. The predicted molar refractivity (Wildman–Crippen MR) is 122 cm³/mol. The van der Waals surface area contributed by atoms with Gasteiger partial charge >= 0.3 is 0 Å². The van der Waals surface area contributed by atoms with Crippen LogP contribution < -0.4 is 20.5 Å². The Morgan fingerprint density at radius 3 is 2.54 bits per heavy atom. The minimum absolute atomic E-state index is 0. The number of nitrogens with one attached hydrogen (secondary N) is 1. The van der Waals surface area contributed by atoms with Crippen molar-refractivity contribution in [2.45, 2.75) is 13.1 Å². The number of hydrogen-bond donors (Lipinski definition) is 2. The highest BCUT2D eigenvalue weighted by Crippen LogP contribution is 2.29. The van der Waals surface area contributed by atoms with Crippen molar-refractivity contribution in [1.29, 1.82) is 0 Å². The average molecular weight is 493 g/mol. The first-order chi connectivity index (χ1) is 13.2. The van der Waals surface area contributed by atoms with Gasteiger partial charge in [0.1, 0.15) is 0 Å². The minimum Gasteiger partial charge on any atom is -0.493 e. The number of halogens is 1. The van der Waals surface area contributed by atoms with Gasteiger partial charge in [0.2, 0.25) is 0 Å². The van der Waals surface area contributed by atoms with E-state index in [4.69, 9.17) is 15.2 Å². The lowest BCUT2D eigenvalue weighted by Crippen LogP contribution is -2.22. The Balaban J connectivity index is 0.00000280. The molecule has 0 radical (unpaired) electrons. The number of nitrogens with zero attached hydrogens (tertiary/aromatic N) is 3. The van der Waals surface area contributed by atoms with Gasteiger partial charge in [0.15, 0.2) is 17.5 Å². The van der Waals surface area contributed by atoms with E-state index >= 15 is 0 Å². The summed E-state index contributed by atoms with van der Waals surface area (Å²) in [5.74, 6) is 1.60. The van der Waals surface area contributed by atoms with E-state index in [0.29, 0.717) is 24.0 Å². The summed E-state index contributed by atoms with van der Waals surface area (Å²) in [5.41, 5.74) is 8.95. The number of methoxy groups -OCH3 is 2. The van der Waals surface area contributed by atoms with Crippen LogP contribution in [0, 0.1) is 0 Å². The number of hydrogen-bond acceptors (Lipinski definition) is 4. The third-order valence-corrected chi connectivity index (χ3v) is 3.96. The molecule has 0 unspecified atom stereocenters. The van der Waals surface area contributed by atoms with Crippen LogP contribution in [0.25, 0.3) is 0 Å². The maximum atomic E-state index is 5.99. The molecule has 8 heteroatoms. The number of ether oxygens (including phenoxy) is 2. The summed E-state index contributed by atoms with van der Waals surface area (Å²) in [6.07, 6.45) is 3.77. The van der Waals surface area contributed by atoms with Gasteiger partial charge in [-0.25, -0.2) is 4.99 Å². The summed E-state index contributed by atoms with van der Waals surface area (Å²) in [5, 5.41) is 7.42. The third-order valence-electron chi connectivity index (χ3n) is 3.96. The molecular formula is C20H24IN5O2. The van der Waals surface area contributed by atoms with Crippen molar-refractivity contribution in [3.63, 3.8) is 0 Å². The van der Waals surface area contributed by atoms with Crippen LogP contribution in [0.2, 0.25) is 0 Å². The Hall–Kier alpha value is -2.75. The SMILES string of the molecule is COc1ccc(NC(N)=NCc2cnn(Cc3ccccc3)c2)cc1OC.I. The monoisotopic (exact) mass is 493 g/mol. The van der Waals surface area contributed by atoms with Crippen molar-refractivity contribution in [1.82, 2.24) is 9.78 Å². The highest BCUT2D eigenvalue weighted by atomic mass is 127. The summed E-state index contributed by atoms with van der Waals surface area (Å²) in [6.45, 7) is 1.17. The molecule has 0 aliphatic carbocycles. The lowest BCUT2D eigenvalue weighted by molar-refractivity contribution is 0.355. The summed E-state index contributed by atoms with van der Waals surface area (Å²) >= 11 is 0. The molecule has 3 N–H and O–H groups in total. The molecule has 0 bridgehead atoms. The molecule has 7 nitrogen and oxygen atoms in total. The molecule has 0 saturated heterocycles. The fourth-order valence-corrected chi connectivity index (χ4v) is 2.62. The van der Waals surface area contributed by atoms with Crippen molar-refractivity contribution < 1.29 is 9.47 Å². The van der Waals surface area contributed by atoms with Crippen molar-refractivity contribution in [3.05, 3.63) is 72.1 Å². The molecule has 1 aromatic heterocycles. The van der Waals surface area contributed by atoms with Crippen molar-refractivity contribution >= 4 is 35.6 Å². The highest BCUT2D eigenvalue weighted by molar-refractivity contribution is 14.0. The van der Waals surface area contributed by atoms with Crippen LogP contribution >= 0.6 is 24.0 Å². The van der Waals surface area contributed by atoms with Crippen LogP contribution in [0.4, 0.5) is 5.69 Å². The molecule has 28 heavy (non-hydrogen) atoms. The third kappa shape index (κ3) is 5.88. The van der Waals surface area contributed by atoms with Gasteiger partial charge in [-0.1, -0.05) is 30.3 Å². The highest BCUT2D eigenvalue weighted by Gasteiger charge is 2.05. The van der Waals surface area contributed by atoms with Gasteiger partial charge in [0, 0.05) is 23.5 Å². The molecule has 0 aliphatic heterocycles. The van der Waals surface area contributed by atoms with E-state index in [1.165, 1.54) is 5.56 Å². The number of rotatable bonds is 7. The smallest absolute Gasteiger partial charge is 0.193 e. The molecule has 0 amide bonds. The Bertz CT molecular complexity index is 912. The minimum atomic E-state index is 0. The summed E-state index contributed by atoms with van der Waals surface area (Å²) in [6, 6.07) is 15.6. The van der Waals surface area contributed by atoms with Gasteiger partial charge in [-0.3, -0.25) is 4.68 Å². The van der Waals surface area contributed by atoms with Gasteiger partial charge in [-0.15, -0.1) is 24.0 Å². The van der Waals surface area contributed by atoms with E-state index in [2.05, 4.69) is 27.5 Å². The molecule has 3 aromatic rings. The Labute approximate surface area is 181 Å². The zero-order valence-corrected chi connectivity index (χ0v) is 18.2. The summed E-state index contributed by atoms with van der Waals surface area (Å²) < 4.78 is 12.4. The molecule has 148 valence electrons. The number of aromatic nitrogens is 2. The van der Waals surface area contributed by atoms with Crippen LogP contribution in [-0.4, -0.2) is 30.0 Å². The molecule has 2 aromatic carbocycles. The van der Waals surface area contributed by atoms with Crippen LogP contribution in [0.3, 0.4) is 0 Å². The van der Waals surface area contributed by atoms with Crippen molar-refractivity contribution in [3.8, 4) is 11.5 Å². The van der Waals surface area contributed by atoms with E-state index in [-0.39, 0.29) is 24.0 Å². The zero-order valence-electron chi connectivity index (χ0n) is 15.8. The van der Waals surface area contributed by atoms with Gasteiger partial charge in [-0.05, 0) is 17.7 Å². The van der Waals surface area contributed by atoms with E-state index in [1.807, 2.05) is 41.2 Å². The van der Waals surface area contributed by atoms with Crippen LogP contribution in [0.15, 0.2) is 65.9 Å². The number of aliphatic imine (C=N–C) groups is 1. The molecule has 3 rings (SSSR count). The lowest BCUT2D eigenvalue weighted by Gasteiger charge is -2.10. The van der Waals surface area contributed by atoms with Crippen LogP contribution in [0.1, 0.15) is 11.1 Å². The summed E-state index contributed by atoms with van der Waals surface area (Å²) in [7, 11) is 3.19. The van der Waals surface area contributed by atoms with E-state index < -0.39 is 0 Å². The van der Waals surface area contributed by atoms with Crippen LogP contribution in [0.5, 0.6) is 11.5 Å². The van der Waals surface area contributed by atoms with Gasteiger partial charge in [0.05, 0.1) is 33.5 Å². The number of guanidine groups is 1. The first-order valence-electron chi connectivity index (χ1n) is 8.52. The average Bonchev–Trinajstić information content (AvgIpc) is 3.14. The van der Waals surface area contributed by atoms with E-state index in [0.717, 1.165) is 17.8 Å². The first-order valence-corrected chi connectivity index (χ1v) is 8.52. The van der Waals surface area contributed by atoms with Crippen molar-refractivity contribution in [2.75, 3.05) is 19.5 Å². The predicted octanol–water partition coefficient (Wildman–Crippen LogP) is 3.49. The standard InChI is InChI=1S/C20H23N5O2.HI/c1-26-18-9-8-17(10-19(18)27-2)24-20(21)22-11-16-12-23-25(14-16)13-15-6-4-3-5-7-15;/h3-10,12,14H,11,13H2,1-2H3,(H3,21,22,24);1H. The maximum absolute atomic E-state index is 5.99. The quantitative estimate of drug-likeness (QED) is 0.299. The van der Waals surface area contributed by atoms with E-state index in [9.17, 15) is 0 Å². The summed E-state index contributed by atoms with van der Waals surface area (Å²) in [4.78, 5) is 4.37. The molecule has 0 aliphatic rings. The molecule has 0 atom stereocenters. The van der Waals surface area contributed by atoms with Gasteiger partial charge < -0.3 is 20.5 Å². The first kappa shape index (κ1) is 21.5. The topological polar surface area (TPSA) is 86.7 Å². The lowest BCUT2D eigenvalue weighted by atomic mass is 10.2. The normalized spacial score (nSPS) is 10.9. The molecule has 0 spiro atoms. The Morgan fingerprint density at radius 2 is 1.82 bits per heavy atom. The Morgan fingerprint density at radius 1 is 1.07 bits per heavy atom. The Kier molecular flexibility index (Phi) is 8.12. The largest absolute Gasteiger partial charge is 0.493 e. The molecule has 1 heterocycles. The molecule has 0 saturated carbocycles. The fourth-order valence-electron chi connectivity index (χ4n) is 2.62. The van der Waals surface area contributed by atoms with Crippen LogP contribution in [-0.2, 0) is 13.1 Å². The van der Waals surface area contributed by atoms with Gasteiger partial charge in [0.25, 0.3) is 0 Å². The fraction of sp³-hybridized carbons (Fsp3) is 0.200. The van der Waals surface area contributed by atoms with Gasteiger partial charge in [-0.2, -0.15) is 5.10 Å². The zero-order chi connectivity index (χ0) is 19.1. The molecule has 0 fully saturated rings. The second-order valence-electron chi connectivity index (χ2n) is 5.93. The number of anilines is 1. The number of nitrogens with two attached hydrogens (primary N) is 1. The van der Waals surface area contributed by atoms with E-state index in [1.54, 1.807) is 26.5 Å².